The lowest BCUT2D eigenvalue weighted by Crippen LogP contribution is -1.94. The molecule has 6 aromatic rings. The number of aromatic nitrogens is 3. The maximum Gasteiger partial charge on any atom is 0.241 e. The van der Waals surface area contributed by atoms with E-state index in [1.807, 2.05) is 25.1 Å². The molecule has 0 atom stereocenters. The van der Waals surface area contributed by atoms with Gasteiger partial charge in [-0.05, 0) is 60.9 Å². The second kappa shape index (κ2) is 8.95. The van der Waals surface area contributed by atoms with Crippen LogP contribution in [0.4, 0.5) is 0 Å². The highest BCUT2D eigenvalue weighted by atomic mass is 32.2. The molecule has 4 nitrogen and oxygen atoms in total. The number of nitrogens with zero attached hydrogens (tertiary/aromatic N) is 3. The maximum atomic E-state index is 6.43. The number of thioether (sulfide) groups is 1. The smallest absolute Gasteiger partial charge is 0.241 e. The van der Waals surface area contributed by atoms with Crippen molar-refractivity contribution in [1.82, 2.24) is 15.0 Å². The van der Waals surface area contributed by atoms with Crippen molar-refractivity contribution < 1.29 is 4.74 Å². The number of ether oxygens (including phenoxy) is 1. The number of hydrogen-bond acceptors (Lipinski definition) is 6. The summed E-state index contributed by atoms with van der Waals surface area (Å²) in [6.45, 7) is 6.25. The molecule has 0 amide bonds. The predicted octanol–water partition coefficient (Wildman–Crippen LogP) is 8.40. The zero-order chi connectivity index (χ0) is 23.9. The lowest BCUT2D eigenvalue weighted by molar-refractivity contribution is 0.464. The van der Waals surface area contributed by atoms with Crippen molar-refractivity contribution in [2.45, 2.75) is 31.7 Å². The van der Waals surface area contributed by atoms with E-state index >= 15 is 0 Å². The van der Waals surface area contributed by atoms with Gasteiger partial charge in [0.25, 0.3) is 0 Å². The first kappa shape index (κ1) is 22.0. The van der Waals surface area contributed by atoms with Gasteiger partial charge >= 0.3 is 0 Å². The van der Waals surface area contributed by atoms with Crippen molar-refractivity contribution in [2.24, 2.45) is 0 Å². The van der Waals surface area contributed by atoms with Crippen molar-refractivity contribution in [2.75, 3.05) is 0 Å². The van der Waals surface area contributed by atoms with Gasteiger partial charge in [0.2, 0.25) is 5.88 Å². The molecule has 0 fully saturated rings. The second-order valence-electron chi connectivity index (χ2n) is 8.74. The Morgan fingerprint density at radius 1 is 0.829 bits per heavy atom. The van der Waals surface area contributed by atoms with Crippen LogP contribution >= 0.6 is 23.1 Å². The van der Waals surface area contributed by atoms with Crippen LogP contribution in [0.25, 0.3) is 31.2 Å². The van der Waals surface area contributed by atoms with Gasteiger partial charge < -0.3 is 4.74 Å². The van der Waals surface area contributed by atoms with Gasteiger partial charge in [-0.1, -0.05) is 71.9 Å². The van der Waals surface area contributed by atoms with Crippen molar-refractivity contribution in [3.8, 4) is 11.6 Å². The molecule has 6 heteroatoms. The molecular weight excluding hydrogens is 470 g/mol. The van der Waals surface area contributed by atoms with Crippen molar-refractivity contribution in [3.05, 3.63) is 95.2 Å². The molecule has 3 aromatic heterocycles. The van der Waals surface area contributed by atoms with Gasteiger partial charge in [-0.15, -0.1) is 11.3 Å². The Hall–Kier alpha value is -3.48. The largest absolute Gasteiger partial charge is 0.437 e. The minimum absolute atomic E-state index is 0.580. The molecule has 0 bridgehead atoms. The molecule has 0 radical (unpaired) electrons. The number of aryl methyl sites for hydroxylation is 3. The lowest BCUT2D eigenvalue weighted by Gasteiger charge is -2.09. The zero-order valence-corrected chi connectivity index (χ0v) is 21.3. The molecule has 0 spiro atoms. The van der Waals surface area contributed by atoms with Gasteiger partial charge in [-0.25, -0.2) is 9.97 Å². The second-order valence-corrected chi connectivity index (χ2v) is 10.7. The molecule has 0 aliphatic rings. The van der Waals surface area contributed by atoms with Crippen molar-refractivity contribution >= 4 is 54.3 Å². The van der Waals surface area contributed by atoms with Gasteiger partial charge in [0, 0.05) is 16.8 Å². The first-order valence-corrected chi connectivity index (χ1v) is 13.3. The van der Waals surface area contributed by atoms with Gasteiger partial charge in [0.05, 0.1) is 5.52 Å². The third-order valence-electron chi connectivity index (χ3n) is 5.98. The third-order valence-corrected chi connectivity index (χ3v) is 7.96. The molecular formula is C29H23N3OS2. The Bertz CT molecular complexity index is 1710. The van der Waals surface area contributed by atoms with Gasteiger partial charge in [-0.2, -0.15) is 4.98 Å². The lowest BCUT2D eigenvalue weighted by atomic mass is 10.1. The SMILES string of the molecule is Cc1ccc(CSc2nc(Oc3ccc4ccccc4c3)c3sc4nc(C)cc(C)c4c3n2)cc1. The summed E-state index contributed by atoms with van der Waals surface area (Å²) in [5.74, 6) is 2.13. The van der Waals surface area contributed by atoms with Gasteiger partial charge in [-0.3, -0.25) is 0 Å². The number of thiophene rings is 1. The van der Waals surface area contributed by atoms with E-state index in [1.54, 1.807) is 23.1 Å². The fourth-order valence-electron chi connectivity index (χ4n) is 4.24. The Kier molecular flexibility index (Phi) is 5.63. The molecule has 0 unspecified atom stereocenters. The summed E-state index contributed by atoms with van der Waals surface area (Å²) in [6.07, 6.45) is 0. The van der Waals surface area contributed by atoms with Crippen LogP contribution in [-0.4, -0.2) is 15.0 Å². The van der Waals surface area contributed by atoms with E-state index in [0.29, 0.717) is 11.0 Å². The predicted molar refractivity (Wildman–Crippen MR) is 147 cm³/mol. The molecule has 0 saturated heterocycles. The minimum atomic E-state index is 0.580. The molecule has 0 N–H and O–H groups in total. The quantitative estimate of drug-likeness (QED) is 0.178. The molecule has 0 saturated carbocycles. The zero-order valence-electron chi connectivity index (χ0n) is 19.7. The van der Waals surface area contributed by atoms with Crippen LogP contribution in [0.3, 0.4) is 0 Å². The highest BCUT2D eigenvalue weighted by molar-refractivity contribution is 7.98. The van der Waals surface area contributed by atoms with E-state index in [-0.39, 0.29) is 0 Å². The molecule has 6 rings (SSSR count). The van der Waals surface area contributed by atoms with E-state index in [9.17, 15) is 0 Å². The molecule has 3 aromatic carbocycles. The summed E-state index contributed by atoms with van der Waals surface area (Å²) >= 11 is 3.22. The summed E-state index contributed by atoms with van der Waals surface area (Å²) in [5.41, 5.74) is 5.58. The number of benzene rings is 3. The molecule has 0 aliphatic carbocycles. The van der Waals surface area contributed by atoms with Crippen LogP contribution in [0.2, 0.25) is 0 Å². The molecule has 3 heterocycles. The van der Waals surface area contributed by atoms with Crippen LogP contribution in [0, 0.1) is 20.8 Å². The van der Waals surface area contributed by atoms with E-state index in [1.165, 1.54) is 22.1 Å². The Morgan fingerprint density at radius 2 is 1.63 bits per heavy atom. The molecule has 172 valence electrons. The van der Waals surface area contributed by atoms with Crippen molar-refractivity contribution in [3.63, 3.8) is 0 Å². The third kappa shape index (κ3) is 4.35. The first-order valence-electron chi connectivity index (χ1n) is 11.5. The van der Waals surface area contributed by atoms with E-state index in [0.717, 1.165) is 43.0 Å². The normalized spacial score (nSPS) is 11.5. The average Bonchev–Trinajstić information content (AvgIpc) is 3.22. The van der Waals surface area contributed by atoms with Crippen LogP contribution in [0.5, 0.6) is 11.6 Å². The Balaban J connectivity index is 1.46. The fourth-order valence-corrected chi connectivity index (χ4v) is 6.19. The highest BCUT2D eigenvalue weighted by Crippen LogP contribution is 2.41. The first-order chi connectivity index (χ1) is 17.0. The monoisotopic (exact) mass is 493 g/mol. The number of fused-ring (bicyclic) bond motifs is 4. The van der Waals surface area contributed by atoms with Crippen LogP contribution in [-0.2, 0) is 5.75 Å². The summed E-state index contributed by atoms with van der Waals surface area (Å²) in [6, 6.07) is 25.1. The molecule has 0 aliphatic heterocycles. The number of pyridine rings is 1. The van der Waals surface area contributed by atoms with Crippen molar-refractivity contribution in [1.29, 1.82) is 0 Å². The van der Waals surface area contributed by atoms with Crippen LogP contribution < -0.4 is 4.74 Å². The Morgan fingerprint density at radius 3 is 2.46 bits per heavy atom. The van der Waals surface area contributed by atoms with E-state index in [4.69, 9.17) is 19.7 Å². The van der Waals surface area contributed by atoms with Gasteiger partial charge in [0.15, 0.2) is 5.16 Å². The maximum absolute atomic E-state index is 6.43. The van der Waals surface area contributed by atoms with E-state index in [2.05, 4.69) is 68.4 Å². The fraction of sp³-hybridized carbons (Fsp3) is 0.138. The summed E-state index contributed by atoms with van der Waals surface area (Å²) in [5, 5.41) is 4.10. The highest BCUT2D eigenvalue weighted by Gasteiger charge is 2.19. The topological polar surface area (TPSA) is 47.9 Å². The molecule has 35 heavy (non-hydrogen) atoms. The number of rotatable bonds is 5. The number of hydrogen-bond donors (Lipinski definition) is 0. The Labute approximate surface area is 212 Å². The average molecular weight is 494 g/mol. The summed E-state index contributed by atoms with van der Waals surface area (Å²) in [7, 11) is 0. The minimum Gasteiger partial charge on any atom is -0.437 e. The van der Waals surface area contributed by atoms with Gasteiger partial charge in [0.1, 0.15) is 15.3 Å². The van der Waals surface area contributed by atoms with Crippen LogP contribution in [0.1, 0.15) is 22.4 Å². The van der Waals surface area contributed by atoms with Crippen LogP contribution in [0.15, 0.2) is 78.0 Å². The summed E-state index contributed by atoms with van der Waals surface area (Å²) in [4.78, 5) is 15.6. The van der Waals surface area contributed by atoms with E-state index < -0.39 is 0 Å². The standard InChI is InChI=1S/C29H23N3OS2/c1-17-8-10-20(11-9-17)16-34-29-31-25-24-18(2)14-19(3)30-28(24)35-26(25)27(32-29)33-23-13-12-21-6-4-5-7-22(21)15-23/h4-15H,16H2,1-3H3. The summed E-state index contributed by atoms with van der Waals surface area (Å²) < 4.78 is 7.35.